The van der Waals surface area contributed by atoms with Gasteiger partial charge in [-0.15, -0.1) is 0 Å². The number of halogens is 1. The summed E-state index contributed by atoms with van der Waals surface area (Å²) in [7, 11) is -1.11. The molecule has 5 aromatic rings. The number of piperidine rings is 2. The average Bonchev–Trinajstić information content (AvgIpc) is 3.29. The van der Waals surface area contributed by atoms with Crippen molar-refractivity contribution in [3.05, 3.63) is 82.7 Å². The van der Waals surface area contributed by atoms with Gasteiger partial charge in [0.05, 0.1) is 45.6 Å². The number of aryl methyl sites for hydroxylation is 1. The van der Waals surface area contributed by atoms with E-state index in [0.29, 0.717) is 76.0 Å². The van der Waals surface area contributed by atoms with E-state index in [1.165, 1.54) is 5.56 Å². The average molecular weight is 965 g/mol. The molecule has 4 saturated heterocycles. The Balaban J connectivity index is 0.788. The van der Waals surface area contributed by atoms with E-state index in [1.54, 1.807) is 39.0 Å². The fourth-order valence-electron chi connectivity index (χ4n) is 9.72. The molecule has 4 fully saturated rings. The van der Waals surface area contributed by atoms with Crippen molar-refractivity contribution in [2.24, 2.45) is 5.92 Å². The Labute approximate surface area is 387 Å². The van der Waals surface area contributed by atoms with E-state index in [2.05, 4.69) is 80.6 Å². The third-order valence-corrected chi connectivity index (χ3v) is 15.3. The summed E-state index contributed by atoms with van der Waals surface area (Å²) in [6, 6.07) is 16.4. The van der Waals surface area contributed by atoms with Gasteiger partial charge in [0.2, 0.25) is 23.7 Å². The van der Waals surface area contributed by atoms with Gasteiger partial charge in [0.1, 0.15) is 24.2 Å². The topological polar surface area (TPSA) is 178 Å². The zero-order chi connectivity index (χ0) is 45.4. The Hall–Kier alpha value is -5.64. The molecule has 0 bridgehead atoms. The third-order valence-electron chi connectivity index (χ3n) is 13.2. The Bertz CT molecular complexity index is 2680. The lowest BCUT2D eigenvalue weighted by Crippen LogP contribution is -2.59. The first kappa shape index (κ1) is 44.6. The molecule has 16 nitrogen and oxygen atoms in total. The molecular weight excluding hydrogens is 909 g/mol. The molecule has 0 radical (unpaired) electrons. The number of fused-ring (bicyclic) bond motifs is 1. The van der Waals surface area contributed by atoms with E-state index in [-0.39, 0.29) is 29.6 Å². The standard InChI is InChI=1S/C47H55BrN11O5P/c1-5-29-24-38(53-47-51-26-35(48)44(55-47)52-37-11-10-36-42(50-16-15-49-36)43(37)65(3,4)63)40(64-2)25-39(29)57-17-13-32(14-18-57)56-19-21-58(22-20-56)46(62)31-27-59(28-31)33-8-6-7-30(23-33)34-9-12-41(60)54-45(34)61/h6-8,10-11,15-16,23-26,31-32,34H,5,9,12-14,17-22,27-28H2,1-4H3,(H,54,60,61)(H2,51,52,53,55). The van der Waals surface area contributed by atoms with Crippen LogP contribution in [-0.4, -0.2) is 126 Å². The van der Waals surface area contributed by atoms with Gasteiger partial charge in [0.25, 0.3) is 0 Å². The van der Waals surface area contributed by atoms with Crippen LogP contribution in [0.1, 0.15) is 49.7 Å². The van der Waals surface area contributed by atoms with Crippen molar-refractivity contribution in [2.75, 3.05) is 93.2 Å². The van der Waals surface area contributed by atoms with Gasteiger partial charge in [-0.25, -0.2) is 4.98 Å². The molecule has 2 aromatic heterocycles. The Morgan fingerprint density at radius 3 is 2.40 bits per heavy atom. The number of carbonyl (C=O) groups excluding carboxylic acids is 3. The maximum absolute atomic E-state index is 13.6. The van der Waals surface area contributed by atoms with E-state index in [0.717, 1.165) is 81.2 Å². The zero-order valence-corrected chi connectivity index (χ0v) is 39.7. The molecule has 3 amide bonds. The summed E-state index contributed by atoms with van der Waals surface area (Å²) in [4.78, 5) is 65.3. The summed E-state index contributed by atoms with van der Waals surface area (Å²) in [5.74, 6) is 0.987. The number of nitrogens with zero attached hydrogens (tertiary/aromatic N) is 8. The van der Waals surface area contributed by atoms with Gasteiger partial charge in [-0.2, -0.15) is 4.98 Å². The minimum atomic E-state index is -2.78. The fraction of sp³-hybridized carbons (Fsp3) is 0.426. The highest BCUT2D eigenvalue weighted by Gasteiger charge is 2.38. The first-order chi connectivity index (χ1) is 31.4. The third kappa shape index (κ3) is 9.41. The molecule has 9 rings (SSSR count). The molecule has 18 heteroatoms. The molecule has 6 heterocycles. The predicted molar refractivity (Wildman–Crippen MR) is 258 cm³/mol. The van der Waals surface area contributed by atoms with Gasteiger partial charge in [-0.1, -0.05) is 19.1 Å². The number of hydrogen-bond donors (Lipinski definition) is 3. The maximum Gasteiger partial charge on any atom is 0.234 e. The van der Waals surface area contributed by atoms with Crippen LogP contribution < -0.4 is 35.8 Å². The molecule has 0 spiro atoms. The summed E-state index contributed by atoms with van der Waals surface area (Å²) in [5, 5.41) is 9.84. The van der Waals surface area contributed by atoms with Crippen molar-refractivity contribution in [1.82, 2.24) is 35.1 Å². The first-order valence-corrected chi connectivity index (χ1v) is 25.8. The second kappa shape index (κ2) is 18.7. The summed E-state index contributed by atoms with van der Waals surface area (Å²) < 4.78 is 20.1. The molecule has 3 aromatic carbocycles. The van der Waals surface area contributed by atoms with Crippen LogP contribution in [0.15, 0.2) is 71.6 Å². The number of anilines is 6. The van der Waals surface area contributed by atoms with Crippen LogP contribution >= 0.6 is 23.1 Å². The van der Waals surface area contributed by atoms with Crippen molar-refractivity contribution in [3.63, 3.8) is 0 Å². The second-order valence-corrected chi connectivity index (χ2v) is 21.7. The predicted octanol–water partition coefficient (Wildman–Crippen LogP) is 6.26. The number of hydrogen-bond acceptors (Lipinski definition) is 14. The highest BCUT2D eigenvalue weighted by atomic mass is 79.9. The van der Waals surface area contributed by atoms with Crippen molar-refractivity contribution in [3.8, 4) is 5.75 Å². The highest BCUT2D eigenvalue weighted by Crippen LogP contribution is 2.42. The molecule has 3 N–H and O–H groups in total. The van der Waals surface area contributed by atoms with Crippen molar-refractivity contribution in [2.45, 2.75) is 51.0 Å². The second-order valence-electron chi connectivity index (χ2n) is 17.7. The van der Waals surface area contributed by atoms with Gasteiger partial charge in [-0.05, 0) is 96.4 Å². The molecule has 340 valence electrons. The van der Waals surface area contributed by atoms with Crippen LogP contribution in [-0.2, 0) is 25.4 Å². The monoisotopic (exact) mass is 963 g/mol. The zero-order valence-electron chi connectivity index (χ0n) is 37.2. The summed E-state index contributed by atoms with van der Waals surface area (Å²) in [6.45, 7) is 12.0. The number of ether oxygens (including phenoxy) is 1. The molecule has 1 atom stereocenters. The van der Waals surface area contributed by atoms with E-state index in [1.807, 2.05) is 41.3 Å². The van der Waals surface area contributed by atoms with Crippen LogP contribution in [0.3, 0.4) is 0 Å². The summed E-state index contributed by atoms with van der Waals surface area (Å²) >= 11 is 3.60. The van der Waals surface area contributed by atoms with Gasteiger partial charge < -0.3 is 34.6 Å². The molecule has 4 aliphatic heterocycles. The van der Waals surface area contributed by atoms with E-state index in [9.17, 15) is 18.9 Å². The number of nitrogens with one attached hydrogen (secondary N) is 3. The Kier molecular flexibility index (Phi) is 12.8. The van der Waals surface area contributed by atoms with Gasteiger partial charge in [0, 0.05) is 101 Å². The summed E-state index contributed by atoms with van der Waals surface area (Å²) in [5.41, 5.74) is 6.94. The number of methoxy groups -OCH3 is 1. The number of piperazine rings is 1. The quantitative estimate of drug-likeness (QED) is 0.0943. The van der Waals surface area contributed by atoms with Crippen LogP contribution in [0.5, 0.6) is 5.75 Å². The smallest absolute Gasteiger partial charge is 0.234 e. The van der Waals surface area contributed by atoms with E-state index in [4.69, 9.17) is 9.72 Å². The number of benzene rings is 3. The van der Waals surface area contributed by atoms with E-state index < -0.39 is 7.14 Å². The number of rotatable bonds is 12. The lowest BCUT2D eigenvalue weighted by molar-refractivity contribution is -0.138. The number of amides is 3. The lowest BCUT2D eigenvalue weighted by atomic mass is 9.89. The number of aromatic nitrogens is 4. The Morgan fingerprint density at radius 2 is 1.68 bits per heavy atom. The molecule has 0 aliphatic carbocycles. The SMILES string of the molecule is CCc1cc(Nc2ncc(Br)c(Nc3ccc4nccnc4c3P(C)(C)=O)n2)c(OC)cc1N1CCC(N2CCN(C(=O)C3CN(c4cccc(C5CCC(=O)NC5=O)c4)C3)CC2)CC1. The molecular formula is C47H55BrN11O5P. The van der Waals surface area contributed by atoms with Gasteiger partial charge in [0.15, 0.2) is 0 Å². The highest BCUT2D eigenvalue weighted by molar-refractivity contribution is 9.10. The summed E-state index contributed by atoms with van der Waals surface area (Å²) in [6.07, 6.45) is 8.68. The molecule has 4 aliphatic rings. The van der Waals surface area contributed by atoms with Crippen molar-refractivity contribution >= 4 is 91.6 Å². The maximum atomic E-state index is 13.6. The largest absolute Gasteiger partial charge is 0.494 e. The van der Waals surface area contributed by atoms with Crippen LogP contribution in [0.4, 0.5) is 34.5 Å². The molecule has 65 heavy (non-hydrogen) atoms. The van der Waals surface area contributed by atoms with Gasteiger partial charge >= 0.3 is 0 Å². The van der Waals surface area contributed by atoms with Gasteiger partial charge in [-0.3, -0.25) is 34.6 Å². The van der Waals surface area contributed by atoms with Crippen molar-refractivity contribution in [1.29, 1.82) is 0 Å². The molecule has 0 saturated carbocycles. The normalized spacial score (nSPS) is 19.0. The van der Waals surface area contributed by atoms with E-state index >= 15 is 0 Å². The number of imide groups is 1. The Morgan fingerprint density at radius 1 is 0.908 bits per heavy atom. The van der Waals surface area contributed by atoms with Crippen molar-refractivity contribution < 1.29 is 23.7 Å². The van der Waals surface area contributed by atoms with Crippen LogP contribution in [0.25, 0.3) is 11.0 Å². The molecule has 1 unspecified atom stereocenters. The minimum absolute atomic E-state index is 0.0305. The van der Waals surface area contributed by atoms with Crippen LogP contribution in [0.2, 0.25) is 0 Å². The minimum Gasteiger partial charge on any atom is -0.494 e. The fourth-order valence-corrected chi connectivity index (χ4v) is 11.4. The first-order valence-electron chi connectivity index (χ1n) is 22.4. The number of carbonyl (C=O) groups is 3. The van der Waals surface area contributed by atoms with Crippen LogP contribution in [0, 0.1) is 5.92 Å². The lowest BCUT2D eigenvalue weighted by Gasteiger charge is -2.46.